The lowest BCUT2D eigenvalue weighted by molar-refractivity contribution is -0.111. The van der Waals surface area contributed by atoms with E-state index < -0.39 is 10.0 Å². The summed E-state index contributed by atoms with van der Waals surface area (Å²) in [7, 11) is -3.80. The van der Waals surface area contributed by atoms with Crippen LogP contribution in [-0.2, 0) is 14.8 Å². The molecule has 3 rings (SSSR count). The van der Waals surface area contributed by atoms with Gasteiger partial charge in [-0.3, -0.25) is 4.79 Å². The molecule has 0 radical (unpaired) electrons. The molecule has 1 amide bonds. The molecule has 0 saturated carbocycles. The van der Waals surface area contributed by atoms with Gasteiger partial charge < -0.3 is 5.32 Å². The standard InChI is InChI=1S/C17H14N4O3S2/c22-16(9-6-14-3-1-12-25-14)20-13-4-7-15(8-5-13)26(23,24)21-17-18-10-2-11-19-17/h1-12H,(H,20,22)(H,18,19,21)/b9-6+. The van der Waals surface area contributed by atoms with E-state index in [2.05, 4.69) is 20.0 Å². The summed E-state index contributed by atoms with van der Waals surface area (Å²) in [6, 6.07) is 11.2. The molecule has 0 aliphatic rings. The van der Waals surface area contributed by atoms with Gasteiger partial charge in [0.2, 0.25) is 11.9 Å². The minimum atomic E-state index is -3.80. The van der Waals surface area contributed by atoms with Gasteiger partial charge in [0.1, 0.15) is 0 Å². The zero-order chi connectivity index (χ0) is 18.4. The average Bonchev–Trinajstić information content (AvgIpc) is 3.14. The zero-order valence-electron chi connectivity index (χ0n) is 13.4. The molecule has 0 spiro atoms. The predicted molar refractivity (Wildman–Crippen MR) is 101 cm³/mol. The molecule has 2 aromatic heterocycles. The van der Waals surface area contributed by atoms with Gasteiger partial charge in [-0.1, -0.05) is 6.07 Å². The van der Waals surface area contributed by atoms with Crippen molar-refractivity contribution in [2.45, 2.75) is 4.90 Å². The Morgan fingerprint density at radius 3 is 2.42 bits per heavy atom. The van der Waals surface area contributed by atoms with E-state index in [0.717, 1.165) is 4.88 Å². The van der Waals surface area contributed by atoms with Crippen molar-refractivity contribution in [3.8, 4) is 0 Å². The highest BCUT2D eigenvalue weighted by molar-refractivity contribution is 7.92. The summed E-state index contributed by atoms with van der Waals surface area (Å²) in [5.41, 5.74) is 0.487. The fourth-order valence-corrected chi connectivity index (χ4v) is 3.55. The first-order valence-electron chi connectivity index (χ1n) is 7.45. The Kier molecular flexibility index (Phi) is 5.40. The number of nitrogens with zero attached hydrogens (tertiary/aromatic N) is 2. The number of rotatable bonds is 6. The summed E-state index contributed by atoms with van der Waals surface area (Å²) in [4.78, 5) is 20.5. The third kappa shape index (κ3) is 4.74. The Bertz CT molecular complexity index is 1000. The van der Waals surface area contributed by atoms with Crippen molar-refractivity contribution >= 4 is 45.0 Å². The molecule has 132 valence electrons. The van der Waals surface area contributed by atoms with Crippen molar-refractivity contribution in [3.63, 3.8) is 0 Å². The second-order valence-corrected chi connectivity index (χ2v) is 7.70. The van der Waals surface area contributed by atoms with Gasteiger partial charge in [-0.25, -0.2) is 23.1 Å². The first-order chi connectivity index (χ1) is 12.5. The Morgan fingerprint density at radius 1 is 1.04 bits per heavy atom. The molecule has 0 fully saturated rings. The molecule has 0 saturated heterocycles. The lowest BCUT2D eigenvalue weighted by atomic mass is 10.3. The minimum Gasteiger partial charge on any atom is -0.323 e. The van der Waals surface area contributed by atoms with Crippen LogP contribution in [0.5, 0.6) is 0 Å². The maximum Gasteiger partial charge on any atom is 0.264 e. The molecule has 7 nitrogen and oxygen atoms in total. The topological polar surface area (TPSA) is 101 Å². The van der Waals surface area contributed by atoms with Gasteiger partial charge in [0.15, 0.2) is 0 Å². The highest BCUT2D eigenvalue weighted by Gasteiger charge is 2.15. The van der Waals surface area contributed by atoms with Crippen molar-refractivity contribution in [2.24, 2.45) is 0 Å². The van der Waals surface area contributed by atoms with Gasteiger partial charge >= 0.3 is 0 Å². The number of carbonyl (C=O) groups excluding carboxylic acids is 1. The van der Waals surface area contributed by atoms with Crippen LogP contribution in [0.1, 0.15) is 4.88 Å². The molecule has 2 heterocycles. The molecule has 2 N–H and O–H groups in total. The van der Waals surface area contributed by atoms with Crippen LogP contribution in [0, 0.1) is 0 Å². The lowest BCUT2D eigenvalue weighted by Gasteiger charge is -2.07. The van der Waals surface area contributed by atoms with Crippen molar-refractivity contribution in [2.75, 3.05) is 10.0 Å². The number of thiophene rings is 1. The van der Waals surface area contributed by atoms with E-state index in [0.29, 0.717) is 5.69 Å². The smallest absolute Gasteiger partial charge is 0.264 e. The van der Waals surface area contributed by atoms with Gasteiger partial charge in [-0.2, -0.15) is 0 Å². The van der Waals surface area contributed by atoms with E-state index in [1.54, 1.807) is 12.1 Å². The molecule has 26 heavy (non-hydrogen) atoms. The summed E-state index contributed by atoms with van der Waals surface area (Å²) in [6.45, 7) is 0. The molecule has 0 atom stereocenters. The van der Waals surface area contributed by atoms with Gasteiger partial charge in [-0.05, 0) is 47.9 Å². The SMILES string of the molecule is O=C(/C=C/c1cccs1)Nc1ccc(S(=O)(=O)Nc2ncccn2)cc1. The summed E-state index contributed by atoms with van der Waals surface area (Å²) in [5, 5.41) is 4.59. The van der Waals surface area contributed by atoms with Gasteiger partial charge in [-0.15, -0.1) is 11.3 Å². The fraction of sp³-hybridized carbons (Fsp3) is 0. The number of hydrogen-bond donors (Lipinski definition) is 2. The lowest BCUT2D eigenvalue weighted by Crippen LogP contribution is -2.15. The van der Waals surface area contributed by atoms with Crippen molar-refractivity contribution < 1.29 is 13.2 Å². The molecule has 1 aromatic carbocycles. The zero-order valence-corrected chi connectivity index (χ0v) is 15.0. The van der Waals surface area contributed by atoms with Gasteiger partial charge in [0.05, 0.1) is 4.90 Å². The number of aromatic nitrogens is 2. The first-order valence-corrected chi connectivity index (χ1v) is 9.82. The third-order valence-electron chi connectivity index (χ3n) is 3.17. The van der Waals surface area contributed by atoms with Crippen LogP contribution in [0.4, 0.5) is 11.6 Å². The van der Waals surface area contributed by atoms with Crippen LogP contribution in [-0.4, -0.2) is 24.3 Å². The Morgan fingerprint density at radius 2 is 1.77 bits per heavy atom. The number of hydrogen-bond acceptors (Lipinski definition) is 6. The summed E-state index contributed by atoms with van der Waals surface area (Å²) >= 11 is 1.53. The normalized spacial score (nSPS) is 11.4. The number of benzene rings is 1. The summed E-state index contributed by atoms with van der Waals surface area (Å²) < 4.78 is 26.8. The predicted octanol–water partition coefficient (Wildman–Crippen LogP) is 2.99. The quantitative estimate of drug-likeness (QED) is 0.634. The summed E-state index contributed by atoms with van der Waals surface area (Å²) in [6.07, 6.45) is 6.01. The van der Waals surface area contributed by atoms with E-state index >= 15 is 0 Å². The Labute approximate surface area is 154 Å². The highest BCUT2D eigenvalue weighted by Crippen LogP contribution is 2.16. The van der Waals surface area contributed by atoms with E-state index in [-0.39, 0.29) is 16.8 Å². The Balaban J connectivity index is 1.65. The molecular formula is C17H14N4O3S2. The van der Waals surface area contributed by atoms with Crippen molar-refractivity contribution in [3.05, 3.63) is 71.2 Å². The largest absolute Gasteiger partial charge is 0.323 e. The second-order valence-electron chi connectivity index (χ2n) is 5.04. The molecule has 0 aliphatic heterocycles. The minimum absolute atomic E-state index is 0.0106. The Hall–Kier alpha value is -3.04. The van der Waals surface area contributed by atoms with Crippen LogP contribution >= 0.6 is 11.3 Å². The number of sulfonamides is 1. The molecule has 3 aromatic rings. The van der Waals surface area contributed by atoms with E-state index in [1.165, 1.54) is 54.1 Å². The molecular weight excluding hydrogens is 372 g/mol. The van der Waals surface area contributed by atoms with E-state index in [9.17, 15) is 13.2 Å². The average molecular weight is 386 g/mol. The van der Waals surface area contributed by atoms with Crippen molar-refractivity contribution in [1.82, 2.24) is 9.97 Å². The maximum atomic E-state index is 12.3. The maximum absolute atomic E-state index is 12.3. The molecule has 0 aliphatic carbocycles. The first kappa shape index (κ1) is 17.8. The van der Waals surface area contributed by atoms with Crippen LogP contribution in [0.25, 0.3) is 6.08 Å². The van der Waals surface area contributed by atoms with Crippen LogP contribution in [0.3, 0.4) is 0 Å². The van der Waals surface area contributed by atoms with E-state index in [1.807, 2.05) is 17.5 Å². The third-order valence-corrected chi connectivity index (χ3v) is 5.35. The van der Waals surface area contributed by atoms with Crippen LogP contribution in [0.2, 0.25) is 0 Å². The summed E-state index contributed by atoms with van der Waals surface area (Å²) in [5.74, 6) is -0.312. The molecule has 9 heteroatoms. The molecule has 0 unspecified atom stereocenters. The number of nitrogens with one attached hydrogen (secondary N) is 2. The van der Waals surface area contributed by atoms with Gasteiger partial charge in [0, 0.05) is 29.0 Å². The fourth-order valence-electron chi connectivity index (χ4n) is 1.98. The number of carbonyl (C=O) groups is 1. The van der Waals surface area contributed by atoms with Crippen molar-refractivity contribution in [1.29, 1.82) is 0 Å². The van der Waals surface area contributed by atoms with Gasteiger partial charge in [0.25, 0.3) is 10.0 Å². The number of amides is 1. The van der Waals surface area contributed by atoms with Crippen LogP contribution < -0.4 is 10.0 Å². The molecule has 0 bridgehead atoms. The van der Waals surface area contributed by atoms with E-state index in [4.69, 9.17) is 0 Å². The highest BCUT2D eigenvalue weighted by atomic mass is 32.2. The second kappa shape index (κ2) is 7.89. The van der Waals surface area contributed by atoms with Crippen LogP contribution in [0.15, 0.2) is 71.2 Å². The number of anilines is 2. The monoisotopic (exact) mass is 386 g/mol.